The minimum Gasteiger partial charge on any atom is -0.391 e. The number of hydrogen-bond donors (Lipinski definition) is 4. The number of carbonyl (C=O) groups is 2. The lowest BCUT2D eigenvalue weighted by Gasteiger charge is -2.30. The van der Waals surface area contributed by atoms with Gasteiger partial charge in [-0.25, -0.2) is 0 Å². The van der Waals surface area contributed by atoms with E-state index in [1.165, 1.54) is 0 Å². The molecule has 7 heteroatoms. The van der Waals surface area contributed by atoms with Crippen molar-refractivity contribution in [2.75, 3.05) is 6.54 Å². The Hall–Kier alpha value is -1.47. The van der Waals surface area contributed by atoms with E-state index in [0.29, 0.717) is 6.42 Å². The molecule has 0 aromatic carbocycles. The second kappa shape index (κ2) is 15.3. The molecule has 0 saturated carbocycles. The molecular formula is C23H44N3O4. The molecule has 0 saturated heterocycles. The molecule has 0 aliphatic rings. The molecule has 0 bridgehead atoms. The predicted molar refractivity (Wildman–Crippen MR) is 121 cm³/mol. The Balaban J connectivity index is 5.18. The van der Waals surface area contributed by atoms with Crippen molar-refractivity contribution >= 4 is 18.1 Å². The summed E-state index contributed by atoms with van der Waals surface area (Å²) < 4.78 is 0. The van der Waals surface area contributed by atoms with Gasteiger partial charge in [-0.2, -0.15) is 0 Å². The maximum Gasteiger partial charge on any atom is 0.243 e. The van der Waals surface area contributed by atoms with Crippen LogP contribution in [0, 0.1) is 17.8 Å². The summed E-state index contributed by atoms with van der Waals surface area (Å²) >= 11 is 0. The first-order valence-corrected chi connectivity index (χ1v) is 11.4. The van der Waals surface area contributed by atoms with Gasteiger partial charge in [-0.3, -0.25) is 14.4 Å². The van der Waals surface area contributed by atoms with Gasteiger partial charge in [-0.05, 0) is 37.1 Å². The van der Waals surface area contributed by atoms with Crippen molar-refractivity contribution in [2.45, 2.75) is 105 Å². The molecule has 175 valence electrons. The molecule has 0 aliphatic heterocycles. The molecule has 0 rings (SSSR count). The van der Waals surface area contributed by atoms with E-state index < -0.39 is 18.2 Å². The van der Waals surface area contributed by atoms with Crippen molar-refractivity contribution in [2.24, 2.45) is 17.8 Å². The van der Waals surface area contributed by atoms with Gasteiger partial charge >= 0.3 is 0 Å². The third-order valence-electron chi connectivity index (χ3n) is 5.15. The third kappa shape index (κ3) is 11.1. The Labute approximate surface area is 183 Å². The van der Waals surface area contributed by atoms with Crippen LogP contribution in [0.4, 0.5) is 0 Å². The van der Waals surface area contributed by atoms with Crippen LogP contribution < -0.4 is 16.0 Å². The van der Waals surface area contributed by atoms with Crippen LogP contribution in [0.15, 0.2) is 0 Å². The molecule has 4 atom stereocenters. The predicted octanol–water partition coefficient (Wildman–Crippen LogP) is 2.32. The number of rotatable bonds is 16. The van der Waals surface area contributed by atoms with Crippen molar-refractivity contribution in [3.05, 3.63) is 0 Å². The second-order valence-electron chi connectivity index (χ2n) is 9.27. The summed E-state index contributed by atoms with van der Waals surface area (Å²) in [6.07, 6.45) is 4.30. The lowest BCUT2D eigenvalue weighted by molar-refractivity contribution is -0.132. The number of nitrogens with one attached hydrogen (secondary N) is 3. The summed E-state index contributed by atoms with van der Waals surface area (Å²) in [7, 11) is 0. The van der Waals surface area contributed by atoms with E-state index in [-0.39, 0.29) is 42.0 Å². The van der Waals surface area contributed by atoms with Gasteiger partial charge in [0.1, 0.15) is 6.04 Å². The molecule has 30 heavy (non-hydrogen) atoms. The third-order valence-corrected chi connectivity index (χ3v) is 5.15. The Kier molecular flexibility index (Phi) is 14.6. The number of aliphatic hydroxyl groups is 1. The Morgan fingerprint density at radius 1 is 0.900 bits per heavy atom. The normalized spacial score (nSPS) is 15.7. The molecular weight excluding hydrogens is 382 g/mol. The van der Waals surface area contributed by atoms with Gasteiger partial charge in [0.05, 0.1) is 18.2 Å². The molecule has 1 radical (unpaired) electrons. The molecule has 7 nitrogen and oxygen atoms in total. The SMILES string of the molecule is CCCCCN[C@H](C(=O)N[C@H](C(=O)NC(CC(C)C)C(O)C[C]=O)C(C)C)C(C)C. The van der Waals surface area contributed by atoms with Crippen LogP contribution in [0.2, 0.25) is 0 Å². The Bertz CT molecular complexity index is 509. The van der Waals surface area contributed by atoms with Gasteiger partial charge < -0.3 is 21.1 Å². The van der Waals surface area contributed by atoms with Gasteiger partial charge in [0, 0.05) is 6.42 Å². The van der Waals surface area contributed by atoms with Gasteiger partial charge in [0.15, 0.2) is 0 Å². The smallest absolute Gasteiger partial charge is 0.243 e. The number of aliphatic hydroxyl groups excluding tert-OH is 1. The topological polar surface area (TPSA) is 108 Å². The first-order chi connectivity index (χ1) is 14.0. The zero-order valence-corrected chi connectivity index (χ0v) is 20.0. The monoisotopic (exact) mass is 426 g/mol. The molecule has 2 unspecified atom stereocenters. The van der Waals surface area contributed by atoms with Gasteiger partial charge in [-0.15, -0.1) is 0 Å². The van der Waals surface area contributed by atoms with Gasteiger partial charge in [0.25, 0.3) is 0 Å². The average Bonchev–Trinajstić information content (AvgIpc) is 2.64. The minimum absolute atomic E-state index is 0.0844. The van der Waals surface area contributed by atoms with E-state index in [2.05, 4.69) is 22.9 Å². The maximum absolute atomic E-state index is 13.0. The standard InChI is InChI=1S/C23H44N3O4/c1-8-9-10-12-24-20(16(4)5)22(29)26-21(17(6)7)23(30)25-18(14-15(2)3)19(28)11-13-27/h15-21,24,28H,8-12,14H2,1-7H3,(H,25,30)(H,26,29)/t18?,19?,20-,21-/m0/s1. The lowest BCUT2D eigenvalue weighted by atomic mass is 9.95. The highest BCUT2D eigenvalue weighted by Crippen LogP contribution is 2.13. The molecule has 0 fully saturated rings. The fourth-order valence-corrected chi connectivity index (χ4v) is 3.36. The van der Waals surface area contributed by atoms with Crippen LogP contribution >= 0.6 is 0 Å². The zero-order chi connectivity index (χ0) is 23.3. The summed E-state index contributed by atoms with van der Waals surface area (Å²) in [5.74, 6) is -0.362. The van der Waals surface area contributed by atoms with Crippen LogP contribution in [0.3, 0.4) is 0 Å². The van der Waals surface area contributed by atoms with E-state index in [1.807, 2.05) is 41.5 Å². The van der Waals surface area contributed by atoms with Crippen molar-refractivity contribution in [1.29, 1.82) is 0 Å². The summed E-state index contributed by atoms with van der Waals surface area (Å²) in [5.41, 5.74) is 0. The van der Waals surface area contributed by atoms with E-state index in [1.54, 1.807) is 6.29 Å². The van der Waals surface area contributed by atoms with Crippen LogP contribution in [0.1, 0.15) is 80.6 Å². The Morgan fingerprint density at radius 2 is 1.47 bits per heavy atom. The second-order valence-corrected chi connectivity index (χ2v) is 9.27. The highest BCUT2D eigenvalue weighted by atomic mass is 16.3. The molecule has 0 aliphatic carbocycles. The molecule has 4 N–H and O–H groups in total. The van der Waals surface area contributed by atoms with Crippen molar-refractivity contribution in [1.82, 2.24) is 16.0 Å². The van der Waals surface area contributed by atoms with Crippen LogP contribution in [0.5, 0.6) is 0 Å². The van der Waals surface area contributed by atoms with E-state index >= 15 is 0 Å². The summed E-state index contributed by atoms with van der Waals surface area (Å²) in [4.78, 5) is 36.6. The van der Waals surface area contributed by atoms with Crippen molar-refractivity contribution < 1.29 is 19.5 Å². The fourth-order valence-electron chi connectivity index (χ4n) is 3.36. The molecule has 0 aromatic rings. The van der Waals surface area contributed by atoms with Crippen molar-refractivity contribution in [3.63, 3.8) is 0 Å². The van der Waals surface area contributed by atoms with Gasteiger partial charge in [0.2, 0.25) is 18.1 Å². The fraction of sp³-hybridized carbons (Fsp3) is 0.870. The highest BCUT2D eigenvalue weighted by Gasteiger charge is 2.31. The van der Waals surface area contributed by atoms with Crippen molar-refractivity contribution in [3.8, 4) is 0 Å². The largest absolute Gasteiger partial charge is 0.391 e. The lowest BCUT2D eigenvalue weighted by Crippen LogP contribution is -2.58. The number of carbonyl (C=O) groups excluding carboxylic acids is 3. The number of hydrogen-bond acceptors (Lipinski definition) is 5. The summed E-state index contributed by atoms with van der Waals surface area (Å²) in [6.45, 7) is 14.6. The first kappa shape index (κ1) is 28.5. The molecule has 2 amide bonds. The quantitative estimate of drug-likeness (QED) is 0.283. The van der Waals surface area contributed by atoms with Crippen LogP contribution in [-0.4, -0.2) is 54.0 Å². The summed E-state index contributed by atoms with van der Waals surface area (Å²) in [6, 6.07) is -1.67. The minimum atomic E-state index is -0.999. The highest BCUT2D eigenvalue weighted by molar-refractivity contribution is 5.90. The zero-order valence-electron chi connectivity index (χ0n) is 20.0. The van der Waals surface area contributed by atoms with Crippen LogP contribution in [-0.2, 0) is 14.4 Å². The maximum atomic E-state index is 13.0. The average molecular weight is 427 g/mol. The van der Waals surface area contributed by atoms with Gasteiger partial charge in [-0.1, -0.05) is 61.3 Å². The van der Waals surface area contributed by atoms with E-state index in [0.717, 1.165) is 25.8 Å². The number of amides is 2. The Morgan fingerprint density at radius 3 is 1.93 bits per heavy atom. The molecule has 0 spiro atoms. The van der Waals surface area contributed by atoms with E-state index in [9.17, 15) is 19.5 Å². The van der Waals surface area contributed by atoms with Crippen LogP contribution in [0.25, 0.3) is 0 Å². The molecule has 0 aromatic heterocycles. The molecule has 0 heterocycles. The number of unbranched alkanes of at least 4 members (excludes halogenated alkanes) is 2. The summed E-state index contributed by atoms with van der Waals surface area (Å²) in [5, 5.41) is 19.3. The first-order valence-electron chi connectivity index (χ1n) is 11.4. The van der Waals surface area contributed by atoms with E-state index in [4.69, 9.17) is 0 Å².